The van der Waals surface area contributed by atoms with Crippen LogP contribution < -0.4 is 0 Å². The van der Waals surface area contributed by atoms with Gasteiger partial charge in [0.2, 0.25) is 0 Å². The first kappa shape index (κ1) is 14.7. The number of aliphatic hydroxyl groups is 1. The van der Waals surface area contributed by atoms with E-state index >= 15 is 0 Å². The van der Waals surface area contributed by atoms with Crippen LogP contribution in [0.4, 0.5) is 0 Å². The maximum absolute atomic E-state index is 10.1. The Kier molecular flexibility index (Phi) is 8.87. The Morgan fingerprint density at radius 3 is 2.18 bits per heavy atom. The Hall–Kier alpha value is 1.16. The molecule has 0 aromatic rings. The van der Waals surface area contributed by atoms with Crippen LogP contribution in [0.2, 0.25) is 0 Å². The predicted octanol–water partition coefficient (Wildman–Crippen LogP) is -0.169. The van der Waals surface area contributed by atoms with Gasteiger partial charge < -0.3 is 5.11 Å². The van der Waals surface area contributed by atoms with E-state index in [1.807, 2.05) is 0 Å². The zero-order valence-electron chi connectivity index (χ0n) is 6.20. The molecule has 0 rings (SSSR count). The van der Waals surface area contributed by atoms with Crippen LogP contribution in [0.25, 0.3) is 0 Å². The first-order chi connectivity index (χ1) is 4.48. The monoisotopic (exact) mass is 211 g/mol. The minimum Gasteiger partial charge on any atom is -0.375 e. The number of halogens is 1. The fourth-order valence-electron chi connectivity index (χ4n) is 0.401. The molecule has 0 aliphatic carbocycles. The summed E-state index contributed by atoms with van der Waals surface area (Å²) in [5.74, 6) is 0.270. The Morgan fingerprint density at radius 2 is 1.91 bits per heavy atom. The molecule has 0 saturated carbocycles. The maximum Gasteiger partial charge on any atom is 0.291 e. The summed E-state index contributed by atoms with van der Waals surface area (Å²) < 4.78 is 28.4. The molecule has 0 amide bonds. The third-order valence-corrected chi connectivity index (χ3v) is 2.12. The van der Waals surface area contributed by atoms with Gasteiger partial charge in [-0.2, -0.15) is 8.42 Å². The topological polar surface area (TPSA) is 74.6 Å². The molecule has 1 unspecified atom stereocenters. The number of alkyl halides is 1. The van der Waals surface area contributed by atoms with Crippen LogP contribution in [-0.2, 0) is 10.1 Å². The van der Waals surface area contributed by atoms with Gasteiger partial charge in [0, 0.05) is 35.4 Å². The molecule has 1 atom stereocenters. The van der Waals surface area contributed by atoms with Gasteiger partial charge in [-0.3, -0.25) is 4.55 Å². The van der Waals surface area contributed by atoms with E-state index in [1.165, 1.54) is 0 Å². The van der Waals surface area contributed by atoms with Crippen molar-refractivity contribution in [1.29, 1.82) is 0 Å². The van der Waals surface area contributed by atoms with Crippen molar-refractivity contribution in [2.24, 2.45) is 0 Å². The van der Waals surface area contributed by atoms with E-state index in [2.05, 4.69) is 0 Å². The molecule has 0 fully saturated rings. The van der Waals surface area contributed by atoms with Gasteiger partial charge >= 0.3 is 0 Å². The van der Waals surface area contributed by atoms with E-state index in [1.54, 1.807) is 0 Å². The van der Waals surface area contributed by atoms with Gasteiger partial charge in [0.05, 0.1) is 0 Å². The van der Waals surface area contributed by atoms with Crippen molar-refractivity contribution in [3.63, 3.8) is 0 Å². The molecular formula is C4H9ClNaO4S. The van der Waals surface area contributed by atoms with Gasteiger partial charge in [0.25, 0.3) is 10.1 Å². The molecule has 4 nitrogen and oxygen atoms in total. The summed E-state index contributed by atoms with van der Waals surface area (Å²) in [7, 11) is -4.28. The first-order valence-corrected chi connectivity index (χ1v) is 4.72. The van der Waals surface area contributed by atoms with Gasteiger partial charge in [-0.1, -0.05) is 0 Å². The fraction of sp³-hybridized carbons (Fsp3) is 1.00. The molecule has 0 spiro atoms. The number of rotatable bonds is 4. The van der Waals surface area contributed by atoms with Gasteiger partial charge in [0.1, 0.15) is 0 Å². The second-order valence-electron chi connectivity index (χ2n) is 1.80. The SMILES string of the molecule is O=S(=O)(O)C(O)CCCCl.[Na]. The minimum atomic E-state index is -4.28. The van der Waals surface area contributed by atoms with Gasteiger partial charge in [-0.05, 0) is 12.8 Å². The van der Waals surface area contributed by atoms with Crippen LogP contribution in [0.3, 0.4) is 0 Å². The molecule has 0 saturated heterocycles. The summed E-state index contributed by atoms with van der Waals surface area (Å²) >= 11 is 5.21. The Morgan fingerprint density at radius 1 is 1.45 bits per heavy atom. The minimum absolute atomic E-state index is 0. The first-order valence-electron chi connectivity index (χ1n) is 2.69. The third-order valence-electron chi connectivity index (χ3n) is 0.929. The van der Waals surface area contributed by atoms with Crippen molar-refractivity contribution >= 4 is 51.3 Å². The normalized spacial score (nSPS) is 13.7. The molecule has 0 bridgehead atoms. The summed E-state index contributed by atoms with van der Waals surface area (Å²) in [6.45, 7) is 0. The van der Waals surface area contributed by atoms with Crippen molar-refractivity contribution in [2.75, 3.05) is 5.88 Å². The molecule has 63 valence electrons. The number of hydrogen-bond donors (Lipinski definition) is 2. The van der Waals surface area contributed by atoms with Crippen LogP contribution in [0.15, 0.2) is 0 Å². The molecule has 1 radical (unpaired) electrons. The average molecular weight is 212 g/mol. The summed E-state index contributed by atoms with van der Waals surface area (Å²) in [6, 6.07) is 0. The van der Waals surface area contributed by atoms with Gasteiger partial charge in [0.15, 0.2) is 5.44 Å². The number of hydrogen-bond acceptors (Lipinski definition) is 3. The van der Waals surface area contributed by atoms with Crippen molar-refractivity contribution < 1.29 is 18.1 Å². The van der Waals surface area contributed by atoms with Crippen LogP contribution >= 0.6 is 11.6 Å². The van der Waals surface area contributed by atoms with E-state index in [0.717, 1.165) is 0 Å². The summed E-state index contributed by atoms with van der Waals surface area (Å²) in [4.78, 5) is 0. The molecule has 0 aromatic heterocycles. The average Bonchev–Trinajstić information content (AvgIpc) is 1.80. The van der Waals surface area contributed by atoms with E-state index < -0.39 is 15.6 Å². The van der Waals surface area contributed by atoms with Crippen molar-refractivity contribution in [2.45, 2.75) is 18.3 Å². The standard InChI is InChI=1S/C4H9ClO4S.Na/c5-3-1-2-4(6)10(7,8)9;/h4,6H,1-3H2,(H,7,8,9);. The molecule has 2 N–H and O–H groups in total. The molecule has 0 heterocycles. The molecule has 0 aromatic carbocycles. The second-order valence-corrected chi connectivity index (χ2v) is 3.75. The van der Waals surface area contributed by atoms with Crippen LogP contribution in [0.5, 0.6) is 0 Å². The zero-order valence-corrected chi connectivity index (χ0v) is 9.77. The maximum atomic E-state index is 10.1. The summed E-state index contributed by atoms with van der Waals surface area (Å²) in [5.41, 5.74) is -1.69. The molecule has 11 heavy (non-hydrogen) atoms. The largest absolute Gasteiger partial charge is 0.375 e. The van der Waals surface area contributed by atoms with Gasteiger partial charge in [-0.25, -0.2) is 0 Å². The fourth-order valence-corrected chi connectivity index (χ4v) is 1.02. The smallest absolute Gasteiger partial charge is 0.291 e. The second kappa shape index (κ2) is 6.65. The van der Waals surface area contributed by atoms with Crippen molar-refractivity contribution in [1.82, 2.24) is 0 Å². The van der Waals surface area contributed by atoms with Crippen LogP contribution in [-0.4, -0.2) is 59.0 Å². The third kappa shape index (κ3) is 7.52. The van der Waals surface area contributed by atoms with E-state index in [4.69, 9.17) is 21.3 Å². The Balaban J connectivity index is 0. The van der Waals surface area contributed by atoms with Crippen LogP contribution in [0.1, 0.15) is 12.8 Å². The van der Waals surface area contributed by atoms with Crippen molar-refractivity contribution in [3.05, 3.63) is 0 Å². The molecule has 0 aliphatic rings. The predicted molar refractivity (Wildman–Crippen MR) is 43.3 cm³/mol. The summed E-state index contributed by atoms with van der Waals surface area (Å²) in [5, 5.41) is 8.62. The summed E-state index contributed by atoms with van der Waals surface area (Å²) in [6.07, 6.45) is 0.338. The molecule has 0 aliphatic heterocycles. The number of aliphatic hydroxyl groups excluding tert-OH is 1. The van der Waals surface area contributed by atoms with E-state index in [0.29, 0.717) is 6.42 Å². The van der Waals surface area contributed by atoms with Crippen molar-refractivity contribution in [3.8, 4) is 0 Å². The van der Waals surface area contributed by atoms with Crippen LogP contribution in [0, 0.1) is 0 Å². The van der Waals surface area contributed by atoms with E-state index in [9.17, 15) is 8.42 Å². The Bertz CT molecular complexity index is 181. The van der Waals surface area contributed by atoms with E-state index in [-0.39, 0.29) is 41.9 Å². The zero-order chi connectivity index (χ0) is 8.20. The molecular weight excluding hydrogens is 203 g/mol. The quantitative estimate of drug-likeness (QED) is 0.385. The van der Waals surface area contributed by atoms with Gasteiger partial charge in [-0.15, -0.1) is 11.6 Å². The Labute approximate surface area is 93.0 Å². The molecule has 7 heteroatoms.